The Bertz CT molecular complexity index is 430. The molecule has 1 atom stereocenters. The molecule has 1 aliphatic rings. The van der Waals surface area contributed by atoms with Crippen molar-refractivity contribution in [3.05, 3.63) is 29.6 Å². The third kappa shape index (κ3) is 3.93. The lowest BCUT2D eigenvalue weighted by Gasteiger charge is -2.28. The topological polar surface area (TPSA) is 24.5 Å². The van der Waals surface area contributed by atoms with Crippen LogP contribution in [0.25, 0.3) is 0 Å². The molecule has 0 amide bonds. The van der Waals surface area contributed by atoms with Crippen LogP contribution in [0.2, 0.25) is 0 Å². The molecule has 20 heavy (non-hydrogen) atoms. The smallest absolute Gasteiger partial charge is 0.123 e. The van der Waals surface area contributed by atoms with Gasteiger partial charge in [0.2, 0.25) is 0 Å². The number of hydrogen-bond donors (Lipinski definition) is 1. The highest BCUT2D eigenvalue weighted by Gasteiger charge is 2.22. The van der Waals surface area contributed by atoms with Gasteiger partial charge in [-0.3, -0.25) is 0 Å². The van der Waals surface area contributed by atoms with Crippen molar-refractivity contribution in [2.24, 2.45) is 5.92 Å². The van der Waals surface area contributed by atoms with Gasteiger partial charge in [-0.05, 0) is 42.6 Å². The Labute approximate surface area is 121 Å². The SMILES string of the molecule is CC(C)CNCc1cc(F)ccc1N(C)C1CCOC1. The summed E-state index contributed by atoms with van der Waals surface area (Å²) >= 11 is 0. The average Bonchev–Trinajstić information content (AvgIpc) is 2.91. The molecule has 0 bridgehead atoms. The van der Waals surface area contributed by atoms with Gasteiger partial charge >= 0.3 is 0 Å². The van der Waals surface area contributed by atoms with E-state index >= 15 is 0 Å². The van der Waals surface area contributed by atoms with Gasteiger partial charge in [0.25, 0.3) is 0 Å². The fourth-order valence-electron chi connectivity index (χ4n) is 2.56. The zero-order valence-corrected chi connectivity index (χ0v) is 12.7. The lowest BCUT2D eigenvalue weighted by atomic mass is 10.1. The number of halogens is 1. The number of hydrogen-bond acceptors (Lipinski definition) is 3. The number of ether oxygens (including phenoxy) is 1. The summed E-state index contributed by atoms with van der Waals surface area (Å²) in [6, 6.07) is 5.44. The summed E-state index contributed by atoms with van der Waals surface area (Å²) in [5.41, 5.74) is 2.11. The van der Waals surface area contributed by atoms with Gasteiger partial charge in [-0.25, -0.2) is 4.39 Å². The van der Waals surface area contributed by atoms with Gasteiger partial charge in [0.1, 0.15) is 5.82 Å². The second-order valence-electron chi connectivity index (χ2n) is 5.93. The van der Waals surface area contributed by atoms with E-state index in [9.17, 15) is 4.39 Å². The van der Waals surface area contributed by atoms with Gasteiger partial charge in [0.15, 0.2) is 0 Å². The number of likely N-dealkylation sites (N-methyl/N-ethyl adjacent to an activating group) is 1. The van der Waals surface area contributed by atoms with Crippen molar-refractivity contribution in [3.8, 4) is 0 Å². The van der Waals surface area contributed by atoms with Crippen LogP contribution in [0.15, 0.2) is 18.2 Å². The maximum absolute atomic E-state index is 13.5. The fraction of sp³-hybridized carbons (Fsp3) is 0.625. The maximum Gasteiger partial charge on any atom is 0.123 e. The Kier molecular flexibility index (Phi) is 5.38. The molecule has 1 aliphatic heterocycles. The molecule has 4 heteroatoms. The van der Waals surface area contributed by atoms with E-state index in [0.717, 1.165) is 37.4 Å². The molecular weight excluding hydrogens is 255 g/mol. The fourth-order valence-corrected chi connectivity index (χ4v) is 2.56. The predicted octanol–water partition coefficient (Wildman–Crippen LogP) is 2.80. The molecule has 0 aliphatic carbocycles. The van der Waals surface area contributed by atoms with Gasteiger partial charge in [-0.15, -0.1) is 0 Å². The molecule has 0 aromatic heterocycles. The zero-order chi connectivity index (χ0) is 14.5. The second-order valence-corrected chi connectivity index (χ2v) is 5.93. The number of anilines is 1. The monoisotopic (exact) mass is 280 g/mol. The van der Waals surface area contributed by atoms with Gasteiger partial charge in [0.05, 0.1) is 12.6 Å². The molecule has 112 valence electrons. The van der Waals surface area contributed by atoms with Crippen molar-refractivity contribution in [2.45, 2.75) is 32.9 Å². The third-order valence-electron chi connectivity index (χ3n) is 3.74. The number of nitrogens with zero attached hydrogens (tertiary/aromatic N) is 1. The van der Waals surface area contributed by atoms with E-state index < -0.39 is 0 Å². The van der Waals surface area contributed by atoms with Crippen LogP contribution < -0.4 is 10.2 Å². The molecule has 0 radical (unpaired) electrons. The molecule has 1 saturated heterocycles. The van der Waals surface area contributed by atoms with Crippen LogP contribution in [0.5, 0.6) is 0 Å². The van der Waals surface area contributed by atoms with Gasteiger partial charge in [-0.2, -0.15) is 0 Å². The zero-order valence-electron chi connectivity index (χ0n) is 12.7. The molecule has 2 rings (SSSR count). The maximum atomic E-state index is 13.5. The van der Waals surface area contributed by atoms with Crippen molar-refractivity contribution in [1.82, 2.24) is 5.32 Å². The average molecular weight is 280 g/mol. The molecule has 1 fully saturated rings. The summed E-state index contributed by atoms with van der Waals surface area (Å²) in [5.74, 6) is 0.416. The van der Waals surface area contributed by atoms with Crippen LogP contribution in [-0.4, -0.2) is 32.8 Å². The van der Waals surface area contributed by atoms with Crippen LogP contribution in [-0.2, 0) is 11.3 Å². The molecule has 1 unspecified atom stereocenters. The van der Waals surface area contributed by atoms with Gasteiger partial charge < -0.3 is 15.0 Å². The minimum Gasteiger partial charge on any atom is -0.379 e. The molecule has 3 nitrogen and oxygen atoms in total. The lowest BCUT2D eigenvalue weighted by Crippen LogP contribution is -2.33. The van der Waals surface area contributed by atoms with E-state index in [0.29, 0.717) is 18.5 Å². The Morgan fingerprint density at radius 2 is 2.25 bits per heavy atom. The van der Waals surface area contributed by atoms with Crippen molar-refractivity contribution < 1.29 is 9.13 Å². The summed E-state index contributed by atoms with van der Waals surface area (Å²) in [7, 11) is 2.07. The quantitative estimate of drug-likeness (QED) is 0.867. The van der Waals surface area contributed by atoms with E-state index in [1.165, 1.54) is 6.07 Å². The van der Waals surface area contributed by atoms with E-state index in [1.54, 1.807) is 6.07 Å². The highest BCUT2D eigenvalue weighted by Crippen LogP contribution is 2.25. The van der Waals surface area contributed by atoms with E-state index in [1.807, 2.05) is 6.07 Å². The summed E-state index contributed by atoms with van der Waals surface area (Å²) in [4.78, 5) is 2.22. The normalized spacial score (nSPS) is 18.8. The third-order valence-corrected chi connectivity index (χ3v) is 3.74. The molecular formula is C16H25FN2O. The van der Waals surface area contributed by atoms with Crippen molar-refractivity contribution >= 4 is 5.69 Å². The summed E-state index contributed by atoms with van der Waals surface area (Å²) in [5, 5.41) is 3.39. The Morgan fingerprint density at radius 3 is 2.90 bits per heavy atom. The van der Waals surface area contributed by atoms with Crippen LogP contribution in [0.4, 0.5) is 10.1 Å². The molecule has 0 saturated carbocycles. The highest BCUT2D eigenvalue weighted by molar-refractivity contribution is 5.54. The Morgan fingerprint density at radius 1 is 1.45 bits per heavy atom. The van der Waals surface area contributed by atoms with Crippen LogP contribution in [0, 0.1) is 11.7 Å². The van der Waals surface area contributed by atoms with E-state index in [-0.39, 0.29) is 5.82 Å². The largest absolute Gasteiger partial charge is 0.379 e. The van der Waals surface area contributed by atoms with E-state index in [2.05, 4.69) is 31.1 Å². The van der Waals surface area contributed by atoms with Crippen molar-refractivity contribution in [2.75, 3.05) is 31.7 Å². The van der Waals surface area contributed by atoms with Crippen LogP contribution >= 0.6 is 0 Å². The van der Waals surface area contributed by atoms with Gasteiger partial charge in [-0.1, -0.05) is 13.8 Å². The molecule has 1 heterocycles. The molecule has 0 spiro atoms. The first kappa shape index (κ1) is 15.3. The molecule has 1 N–H and O–H groups in total. The minimum absolute atomic E-state index is 0.175. The number of nitrogens with one attached hydrogen (secondary N) is 1. The van der Waals surface area contributed by atoms with Crippen LogP contribution in [0.1, 0.15) is 25.8 Å². The first-order valence-electron chi connectivity index (χ1n) is 7.37. The van der Waals surface area contributed by atoms with E-state index in [4.69, 9.17) is 4.74 Å². The first-order chi connectivity index (χ1) is 9.58. The first-order valence-corrected chi connectivity index (χ1v) is 7.37. The highest BCUT2D eigenvalue weighted by atomic mass is 19.1. The number of rotatable bonds is 6. The Hall–Kier alpha value is -1.13. The molecule has 1 aromatic rings. The lowest BCUT2D eigenvalue weighted by molar-refractivity contribution is 0.193. The van der Waals surface area contributed by atoms with Crippen molar-refractivity contribution in [3.63, 3.8) is 0 Å². The minimum atomic E-state index is -0.175. The summed E-state index contributed by atoms with van der Waals surface area (Å²) < 4.78 is 18.9. The van der Waals surface area contributed by atoms with Crippen LogP contribution in [0.3, 0.4) is 0 Å². The predicted molar refractivity (Wildman–Crippen MR) is 80.6 cm³/mol. The molecule has 1 aromatic carbocycles. The number of benzene rings is 1. The summed E-state index contributed by atoms with van der Waals surface area (Å²) in [6.07, 6.45) is 1.03. The Balaban J connectivity index is 2.09. The standard InChI is InChI=1S/C16H25FN2O/c1-12(2)9-18-10-13-8-14(17)4-5-16(13)19(3)15-6-7-20-11-15/h4-5,8,12,15,18H,6-7,9-11H2,1-3H3. The van der Waals surface area contributed by atoms with Gasteiger partial charge in [0, 0.05) is 25.9 Å². The summed E-state index contributed by atoms with van der Waals surface area (Å²) in [6.45, 7) is 7.54. The van der Waals surface area contributed by atoms with Crippen molar-refractivity contribution in [1.29, 1.82) is 0 Å². The second kappa shape index (κ2) is 7.04.